The van der Waals surface area contributed by atoms with Crippen molar-refractivity contribution in [1.82, 2.24) is 0 Å². The van der Waals surface area contributed by atoms with Crippen molar-refractivity contribution in [3.63, 3.8) is 0 Å². The molecule has 0 spiro atoms. The van der Waals surface area contributed by atoms with Crippen LogP contribution in [0.3, 0.4) is 0 Å². The Morgan fingerprint density at radius 1 is 1.56 bits per heavy atom. The summed E-state index contributed by atoms with van der Waals surface area (Å²) in [6.07, 6.45) is 2.53. The molecule has 0 aromatic carbocycles. The van der Waals surface area contributed by atoms with Crippen LogP contribution in [0.1, 0.15) is 33.1 Å². The minimum Gasteiger partial charge on any atom is -0.481 e. The second-order valence-corrected chi connectivity index (χ2v) is 2.23. The Morgan fingerprint density at radius 2 is 2.11 bits per heavy atom. The van der Waals surface area contributed by atoms with Gasteiger partial charge in [-0.15, -0.1) is 0 Å². The van der Waals surface area contributed by atoms with Crippen LogP contribution in [0.4, 0.5) is 0 Å². The lowest BCUT2D eigenvalue weighted by Crippen LogP contribution is -2.11. The van der Waals surface area contributed by atoms with Gasteiger partial charge in [0.2, 0.25) is 0 Å². The molecule has 1 atom stereocenters. The molecule has 0 heterocycles. The first-order chi connectivity index (χ1) is 4.22. The number of aliphatic carboxylic acids is 1. The fourth-order valence-corrected chi connectivity index (χ4v) is 0.851. The van der Waals surface area contributed by atoms with E-state index in [1.807, 2.05) is 13.8 Å². The van der Waals surface area contributed by atoms with E-state index in [2.05, 4.69) is 0 Å². The number of hydrogen-bond acceptors (Lipinski definition) is 1. The summed E-state index contributed by atoms with van der Waals surface area (Å²) >= 11 is 0. The fraction of sp³-hybridized carbons (Fsp3) is 0.857. The molecular weight excluding hydrogens is 116 g/mol. The maximum absolute atomic E-state index is 10.3. The normalized spacial score (nSPS) is 13.1. The molecule has 1 unspecified atom stereocenters. The van der Waals surface area contributed by atoms with Crippen LogP contribution in [-0.4, -0.2) is 11.1 Å². The largest absolute Gasteiger partial charge is 0.481 e. The van der Waals surface area contributed by atoms with E-state index in [4.69, 9.17) is 5.11 Å². The third-order valence-electron chi connectivity index (χ3n) is 1.48. The predicted molar refractivity (Wildman–Crippen MR) is 36.3 cm³/mol. The summed E-state index contributed by atoms with van der Waals surface area (Å²) in [6, 6.07) is 0. The number of carbonyl (C=O) groups is 1. The zero-order chi connectivity index (χ0) is 7.28. The molecule has 0 saturated heterocycles. The van der Waals surface area contributed by atoms with E-state index in [1.54, 1.807) is 0 Å². The topological polar surface area (TPSA) is 37.3 Å². The van der Waals surface area contributed by atoms with Crippen molar-refractivity contribution in [1.29, 1.82) is 0 Å². The SMILES string of the molecule is CCCC(CC)C(=O)O. The summed E-state index contributed by atoms with van der Waals surface area (Å²) in [6.45, 7) is 3.92. The van der Waals surface area contributed by atoms with Crippen molar-refractivity contribution in [3.05, 3.63) is 0 Å². The molecular formula is C7H14O2. The first-order valence-electron chi connectivity index (χ1n) is 3.45. The Hall–Kier alpha value is -0.530. The third kappa shape index (κ3) is 3.12. The maximum atomic E-state index is 10.3. The van der Waals surface area contributed by atoms with Crippen molar-refractivity contribution in [2.24, 2.45) is 5.92 Å². The minimum atomic E-state index is -0.653. The molecule has 0 fully saturated rings. The summed E-state index contributed by atoms with van der Waals surface area (Å²) < 4.78 is 0. The lowest BCUT2D eigenvalue weighted by atomic mass is 10.0. The van der Waals surface area contributed by atoms with Gasteiger partial charge in [0.1, 0.15) is 0 Å². The van der Waals surface area contributed by atoms with Crippen molar-refractivity contribution in [2.75, 3.05) is 0 Å². The van der Waals surface area contributed by atoms with Crippen LogP contribution >= 0.6 is 0 Å². The van der Waals surface area contributed by atoms with Gasteiger partial charge in [-0.1, -0.05) is 20.3 Å². The van der Waals surface area contributed by atoms with E-state index in [-0.39, 0.29) is 5.92 Å². The molecule has 0 aromatic heterocycles. The first-order valence-corrected chi connectivity index (χ1v) is 3.45. The molecule has 2 heteroatoms. The Balaban J connectivity index is 3.54. The van der Waals surface area contributed by atoms with E-state index in [9.17, 15) is 4.79 Å². The highest BCUT2D eigenvalue weighted by molar-refractivity contribution is 5.69. The summed E-state index contributed by atoms with van der Waals surface area (Å²) in [7, 11) is 0. The van der Waals surface area contributed by atoms with Crippen LogP contribution in [0.25, 0.3) is 0 Å². The van der Waals surface area contributed by atoms with Gasteiger partial charge in [-0.05, 0) is 12.8 Å². The molecule has 0 aliphatic heterocycles. The highest BCUT2D eigenvalue weighted by Gasteiger charge is 2.12. The van der Waals surface area contributed by atoms with Crippen LogP contribution in [0, 0.1) is 5.92 Å². The Kier molecular flexibility index (Phi) is 4.10. The Morgan fingerprint density at radius 3 is 2.22 bits per heavy atom. The predicted octanol–water partition coefficient (Wildman–Crippen LogP) is 1.90. The van der Waals surface area contributed by atoms with E-state index >= 15 is 0 Å². The molecule has 0 aliphatic rings. The van der Waals surface area contributed by atoms with Crippen LogP contribution in [-0.2, 0) is 4.79 Å². The van der Waals surface area contributed by atoms with E-state index in [1.165, 1.54) is 0 Å². The second kappa shape index (κ2) is 4.36. The van der Waals surface area contributed by atoms with E-state index in [0.717, 1.165) is 19.3 Å². The maximum Gasteiger partial charge on any atom is 0.306 e. The van der Waals surface area contributed by atoms with Gasteiger partial charge in [-0.2, -0.15) is 0 Å². The van der Waals surface area contributed by atoms with Gasteiger partial charge in [0, 0.05) is 0 Å². The minimum absolute atomic E-state index is 0.116. The van der Waals surface area contributed by atoms with Gasteiger partial charge in [0.15, 0.2) is 0 Å². The zero-order valence-electron chi connectivity index (χ0n) is 6.05. The number of carboxylic acid groups (broad SMARTS) is 1. The lowest BCUT2D eigenvalue weighted by molar-refractivity contribution is -0.142. The molecule has 54 valence electrons. The monoisotopic (exact) mass is 130 g/mol. The molecule has 2 nitrogen and oxygen atoms in total. The van der Waals surface area contributed by atoms with Gasteiger partial charge >= 0.3 is 5.97 Å². The average molecular weight is 130 g/mol. The van der Waals surface area contributed by atoms with Crippen LogP contribution in [0.2, 0.25) is 0 Å². The fourth-order valence-electron chi connectivity index (χ4n) is 0.851. The molecule has 0 saturated carbocycles. The number of rotatable bonds is 4. The molecule has 0 aromatic rings. The quantitative estimate of drug-likeness (QED) is 0.631. The molecule has 0 rings (SSSR count). The highest BCUT2D eigenvalue weighted by atomic mass is 16.4. The van der Waals surface area contributed by atoms with Gasteiger partial charge in [-0.3, -0.25) is 4.79 Å². The van der Waals surface area contributed by atoms with Crippen LogP contribution < -0.4 is 0 Å². The van der Waals surface area contributed by atoms with Gasteiger partial charge in [-0.25, -0.2) is 0 Å². The van der Waals surface area contributed by atoms with Crippen molar-refractivity contribution in [3.8, 4) is 0 Å². The lowest BCUT2D eigenvalue weighted by Gasteiger charge is -2.05. The Labute approximate surface area is 55.9 Å². The summed E-state index contributed by atoms with van der Waals surface area (Å²) in [4.78, 5) is 10.3. The van der Waals surface area contributed by atoms with Gasteiger partial charge in [0.25, 0.3) is 0 Å². The second-order valence-electron chi connectivity index (χ2n) is 2.23. The molecule has 9 heavy (non-hydrogen) atoms. The van der Waals surface area contributed by atoms with Crippen molar-refractivity contribution < 1.29 is 9.90 Å². The highest BCUT2D eigenvalue weighted by Crippen LogP contribution is 2.09. The molecule has 0 aliphatic carbocycles. The molecule has 0 bridgehead atoms. The van der Waals surface area contributed by atoms with Gasteiger partial charge in [0.05, 0.1) is 5.92 Å². The first kappa shape index (κ1) is 8.47. The summed E-state index contributed by atoms with van der Waals surface area (Å²) in [5, 5.41) is 8.50. The van der Waals surface area contributed by atoms with Crippen LogP contribution in [0.15, 0.2) is 0 Å². The number of carboxylic acids is 1. The smallest absolute Gasteiger partial charge is 0.306 e. The Bertz CT molecular complexity index is 88.9. The van der Waals surface area contributed by atoms with Crippen LogP contribution in [0.5, 0.6) is 0 Å². The third-order valence-corrected chi connectivity index (χ3v) is 1.48. The molecule has 1 N–H and O–H groups in total. The summed E-state index contributed by atoms with van der Waals surface area (Å²) in [5.41, 5.74) is 0. The number of hydrogen-bond donors (Lipinski definition) is 1. The van der Waals surface area contributed by atoms with E-state index in [0.29, 0.717) is 0 Å². The van der Waals surface area contributed by atoms with Crippen molar-refractivity contribution >= 4 is 5.97 Å². The summed E-state index contributed by atoms with van der Waals surface area (Å²) in [5.74, 6) is -0.769. The van der Waals surface area contributed by atoms with E-state index < -0.39 is 5.97 Å². The standard InChI is InChI=1S/C7H14O2/c1-3-5-6(4-2)7(8)9/h6H,3-5H2,1-2H3,(H,8,9). The van der Waals surface area contributed by atoms with Crippen molar-refractivity contribution in [2.45, 2.75) is 33.1 Å². The molecule has 0 radical (unpaired) electrons. The average Bonchev–Trinajstić information content (AvgIpc) is 1.82. The molecule has 0 amide bonds. The van der Waals surface area contributed by atoms with Gasteiger partial charge < -0.3 is 5.11 Å². The zero-order valence-corrected chi connectivity index (χ0v) is 6.05.